The molecule has 1 amide bonds. The van der Waals surface area contributed by atoms with E-state index in [0.29, 0.717) is 31.4 Å². The van der Waals surface area contributed by atoms with E-state index in [4.69, 9.17) is 4.74 Å². The van der Waals surface area contributed by atoms with Crippen molar-refractivity contribution in [2.45, 2.75) is 57.1 Å². The lowest BCUT2D eigenvalue weighted by Crippen LogP contribution is -2.49. The van der Waals surface area contributed by atoms with Gasteiger partial charge < -0.3 is 14.5 Å². The monoisotopic (exact) mass is 372 g/mol. The predicted molar refractivity (Wildman–Crippen MR) is 106 cm³/mol. The number of benzene rings is 1. The second-order valence-electron chi connectivity index (χ2n) is 7.73. The number of nitrogens with zero attached hydrogens (tertiary/aromatic N) is 2. The number of carbonyl (C=O) groups excluding carboxylic acids is 2. The van der Waals surface area contributed by atoms with E-state index in [1.165, 1.54) is 0 Å². The van der Waals surface area contributed by atoms with E-state index in [2.05, 4.69) is 4.90 Å². The maximum atomic E-state index is 12.5. The Labute approximate surface area is 162 Å². The molecule has 27 heavy (non-hydrogen) atoms. The van der Waals surface area contributed by atoms with Crippen molar-refractivity contribution < 1.29 is 14.3 Å². The second kappa shape index (κ2) is 10.00. The Hall–Kier alpha value is -1.72. The van der Waals surface area contributed by atoms with Gasteiger partial charge in [0.25, 0.3) is 0 Å². The van der Waals surface area contributed by atoms with Gasteiger partial charge in [-0.3, -0.25) is 9.59 Å². The van der Waals surface area contributed by atoms with Gasteiger partial charge in [-0.25, -0.2) is 0 Å². The fraction of sp³-hybridized carbons (Fsp3) is 0.636. The van der Waals surface area contributed by atoms with E-state index < -0.39 is 0 Å². The number of methoxy groups -OCH3 is 1. The maximum absolute atomic E-state index is 12.5. The molecule has 0 unspecified atom stereocenters. The van der Waals surface area contributed by atoms with Crippen LogP contribution in [0.5, 0.6) is 0 Å². The van der Waals surface area contributed by atoms with E-state index >= 15 is 0 Å². The molecule has 2 heterocycles. The molecule has 5 heteroatoms. The van der Waals surface area contributed by atoms with Crippen LogP contribution in [0.4, 0.5) is 0 Å². The summed E-state index contributed by atoms with van der Waals surface area (Å²) in [7, 11) is 1.80. The third-order valence-electron chi connectivity index (χ3n) is 6.03. The van der Waals surface area contributed by atoms with Crippen molar-refractivity contribution in [3.05, 3.63) is 35.9 Å². The van der Waals surface area contributed by atoms with E-state index in [9.17, 15) is 9.59 Å². The molecular weight excluding hydrogens is 340 g/mol. The standard InChI is InChI=1S/C22H32N2O3/c1-27-20-12-16-23(17-13-20)19-10-14-24(15-11-19)22(26)9-5-8-21(25)18-6-3-2-4-7-18/h2-4,6-7,19-20H,5,8-17H2,1H3. The molecule has 2 aliphatic rings. The van der Waals surface area contributed by atoms with Crippen molar-refractivity contribution in [3.63, 3.8) is 0 Å². The number of hydrogen-bond acceptors (Lipinski definition) is 4. The smallest absolute Gasteiger partial charge is 0.222 e. The maximum Gasteiger partial charge on any atom is 0.222 e. The number of Topliss-reactive ketones (excluding diaryl/α,β-unsaturated/α-hetero) is 1. The highest BCUT2D eigenvalue weighted by atomic mass is 16.5. The molecule has 0 bridgehead atoms. The van der Waals surface area contributed by atoms with Gasteiger partial charge in [-0.05, 0) is 32.1 Å². The van der Waals surface area contributed by atoms with Gasteiger partial charge in [0.05, 0.1) is 6.10 Å². The molecule has 0 spiro atoms. The summed E-state index contributed by atoms with van der Waals surface area (Å²) in [5, 5.41) is 0. The van der Waals surface area contributed by atoms with E-state index in [1.807, 2.05) is 35.2 Å². The molecule has 148 valence electrons. The number of hydrogen-bond donors (Lipinski definition) is 0. The zero-order valence-corrected chi connectivity index (χ0v) is 16.4. The van der Waals surface area contributed by atoms with Crippen LogP contribution in [-0.2, 0) is 9.53 Å². The summed E-state index contributed by atoms with van der Waals surface area (Å²) in [6, 6.07) is 9.94. The average Bonchev–Trinajstić information content (AvgIpc) is 2.74. The summed E-state index contributed by atoms with van der Waals surface area (Å²) >= 11 is 0. The van der Waals surface area contributed by atoms with Crippen molar-refractivity contribution in [1.29, 1.82) is 0 Å². The minimum atomic E-state index is 0.126. The third kappa shape index (κ3) is 5.63. The first kappa shape index (κ1) is 20.0. The molecule has 2 aliphatic heterocycles. The third-order valence-corrected chi connectivity index (χ3v) is 6.03. The molecular formula is C22H32N2O3. The molecule has 0 radical (unpaired) electrons. The largest absolute Gasteiger partial charge is 0.381 e. The van der Waals surface area contributed by atoms with E-state index in [0.717, 1.165) is 57.4 Å². The summed E-state index contributed by atoms with van der Waals surface area (Å²) in [5.41, 5.74) is 0.739. The first-order valence-electron chi connectivity index (χ1n) is 10.3. The number of amides is 1. The van der Waals surface area contributed by atoms with Gasteiger partial charge in [0.2, 0.25) is 5.91 Å². The molecule has 2 saturated heterocycles. The van der Waals surface area contributed by atoms with Gasteiger partial charge >= 0.3 is 0 Å². The van der Waals surface area contributed by atoms with Crippen LogP contribution in [0.15, 0.2) is 30.3 Å². The fourth-order valence-corrected chi connectivity index (χ4v) is 4.28. The highest BCUT2D eigenvalue weighted by molar-refractivity contribution is 5.96. The number of ether oxygens (including phenoxy) is 1. The molecule has 0 saturated carbocycles. The number of likely N-dealkylation sites (tertiary alicyclic amines) is 2. The zero-order chi connectivity index (χ0) is 19.1. The highest BCUT2D eigenvalue weighted by Gasteiger charge is 2.29. The Morgan fingerprint density at radius 3 is 2.26 bits per heavy atom. The van der Waals surface area contributed by atoms with Crippen molar-refractivity contribution in [1.82, 2.24) is 9.80 Å². The van der Waals surface area contributed by atoms with Crippen LogP contribution in [-0.4, -0.2) is 66.9 Å². The summed E-state index contributed by atoms with van der Waals surface area (Å²) in [6.07, 6.45) is 6.33. The Balaban J connectivity index is 1.34. The molecule has 5 nitrogen and oxygen atoms in total. The van der Waals surface area contributed by atoms with Crippen LogP contribution in [0.3, 0.4) is 0 Å². The summed E-state index contributed by atoms with van der Waals surface area (Å²) in [4.78, 5) is 29.2. The zero-order valence-electron chi connectivity index (χ0n) is 16.4. The van der Waals surface area contributed by atoms with Crippen LogP contribution in [0, 0.1) is 0 Å². The van der Waals surface area contributed by atoms with E-state index in [1.54, 1.807) is 7.11 Å². The van der Waals surface area contributed by atoms with Crippen LogP contribution in [0.2, 0.25) is 0 Å². The minimum Gasteiger partial charge on any atom is -0.381 e. The lowest BCUT2D eigenvalue weighted by atomic mass is 9.98. The van der Waals surface area contributed by atoms with Gasteiger partial charge in [0.1, 0.15) is 0 Å². The van der Waals surface area contributed by atoms with Crippen LogP contribution < -0.4 is 0 Å². The Morgan fingerprint density at radius 2 is 1.63 bits per heavy atom. The minimum absolute atomic E-state index is 0.126. The molecule has 0 aromatic heterocycles. The topological polar surface area (TPSA) is 49.9 Å². The molecule has 0 N–H and O–H groups in total. The predicted octanol–water partition coefficient (Wildman–Crippen LogP) is 3.14. The molecule has 1 aromatic carbocycles. The number of rotatable bonds is 7. The average molecular weight is 373 g/mol. The van der Waals surface area contributed by atoms with E-state index in [-0.39, 0.29) is 11.7 Å². The first-order valence-corrected chi connectivity index (χ1v) is 10.3. The van der Waals surface area contributed by atoms with Gasteiger partial charge in [0.15, 0.2) is 5.78 Å². The van der Waals surface area contributed by atoms with Crippen LogP contribution in [0.25, 0.3) is 0 Å². The normalized spacial score (nSPS) is 20.0. The Bertz CT molecular complexity index is 603. The lowest BCUT2D eigenvalue weighted by molar-refractivity contribution is -0.133. The van der Waals surface area contributed by atoms with Crippen LogP contribution in [0.1, 0.15) is 55.3 Å². The van der Waals surface area contributed by atoms with Crippen molar-refractivity contribution in [2.24, 2.45) is 0 Å². The fourth-order valence-electron chi connectivity index (χ4n) is 4.28. The first-order chi connectivity index (χ1) is 13.2. The molecule has 3 rings (SSSR count). The number of piperidine rings is 2. The Morgan fingerprint density at radius 1 is 0.963 bits per heavy atom. The Kier molecular flexibility index (Phi) is 7.41. The van der Waals surface area contributed by atoms with Gasteiger partial charge in [0, 0.05) is 57.7 Å². The SMILES string of the molecule is COC1CCN(C2CCN(C(=O)CCCC(=O)c3ccccc3)CC2)CC1. The second-order valence-corrected chi connectivity index (χ2v) is 7.73. The molecule has 0 atom stereocenters. The number of ketones is 1. The molecule has 2 fully saturated rings. The summed E-state index contributed by atoms with van der Waals surface area (Å²) in [5.74, 6) is 0.328. The van der Waals surface area contributed by atoms with Crippen molar-refractivity contribution in [2.75, 3.05) is 33.3 Å². The molecule has 1 aromatic rings. The molecule has 0 aliphatic carbocycles. The summed E-state index contributed by atoms with van der Waals surface area (Å²) in [6.45, 7) is 3.91. The summed E-state index contributed by atoms with van der Waals surface area (Å²) < 4.78 is 5.45. The lowest BCUT2D eigenvalue weighted by Gasteiger charge is -2.41. The van der Waals surface area contributed by atoms with Gasteiger partial charge in [-0.15, -0.1) is 0 Å². The number of carbonyl (C=O) groups is 2. The van der Waals surface area contributed by atoms with Crippen molar-refractivity contribution in [3.8, 4) is 0 Å². The van der Waals surface area contributed by atoms with Crippen LogP contribution >= 0.6 is 0 Å². The van der Waals surface area contributed by atoms with Crippen molar-refractivity contribution >= 4 is 11.7 Å². The highest BCUT2D eigenvalue weighted by Crippen LogP contribution is 2.22. The van der Waals surface area contributed by atoms with Gasteiger partial charge in [-0.2, -0.15) is 0 Å². The van der Waals surface area contributed by atoms with Gasteiger partial charge in [-0.1, -0.05) is 30.3 Å². The quantitative estimate of drug-likeness (QED) is 0.690.